The van der Waals surface area contributed by atoms with Gasteiger partial charge in [0, 0.05) is 18.8 Å². The molecule has 0 aromatic carbocycles. The highest BCUT2D eigenvalue weighted by molar-refractivity contribution is 7.98. The third-order valence-electron chi connectivity index (χ3n) is 1.62. The van der Waals surface area contributed by atoms with Crippen LogP contribution in [0.3, 0.4) is 0 Å². The van der Waals surface area contributed by atoms with Gasteiger partial charge in [-0.1, -0.05) is 0 Å². The van der Waals surface area contributed by atoms with E-state index in [-0.39, 0.29) is 12.1 Å². The maximum absolute atomic E-state index is 11.2. The second-order valence-corrected chi connectivity index (χ2v) is 3.52. The van der Waals surface area contributed by atoms with Gasteiger partial charge in [0.1, 0.15) is 0 Å². The molecule has 0 aromatic rings. The van der Waals surface area contributed by atoms with Crippen LogP contribution in [0, 0.1) is 0 Å². The molecule has 0 saturated heterocycles. The second-order valence-electron chi connectivity index (χ2n) is 2.61. The van der Waals surface area contributed by atoms with E-state index in [1.54, 1.807) is 23.7 Å². The minimum atomic E-state index is -0.237. The first kappa shape index (κ1) is 11.6. The van der Waals surface area contributed by atoms with Crippen molar-refractivity contribution >= 4 is 17.9 Å². The molecule has 4 heteroatoms. The molecule has 0 bridgehead atoms. The smallest absolute Gasteiger partial charge is 0.409 e. The molecule has 0 aliphatic rings. The molecule has 12 heavy (non-hydrogen) atoms. The Kier molecular flexibility index (Phi) is 5.98. The van der Waals surface area contributed by atoms with Crippen molar-refractivity contribution in [2.45, 2.75) is 19.9 Å². The molecule has 1 unspecified atom stereocenters. The van der Waals surface area contributed by atoms with Gasteiger partial charge in [-0.05, 0) is 20.1 Å². The zero-order chi connectivity index (χ0) is 9.56. The van der Waals surface area contributed by atoms with Crippen LogP contribution < -0.4 is 0 Å². The molecule has 0 saturated carbocycles. The molecule has 0 aliphatic heterocycles. The van der Waals surface area contributed by atoms with E-state index in [9.17, 15) is 4.79 Å². The first-order chi connectivity index (χ1) is 5.63. The van der Waals surface area contributed by atoms with Crippen LogP contribution in [0.2, 0.25) is 0 Å². The predicted molar refractivity (Wildman–Crippen MR) is 52.6 cm³/mol. The van der Waals surface area contributed by atoms with Gasteiger partial charge < -0.3 is 9.64 Å². The minimum absolute atomic E-state index is 0.235. The van der Waals surface area contributed by atoms with Crippen molar-refractivity contribution in [1.82, 2.24) is 4.90 Å². The van der Waals surface area contributed by atoms with Gasteiger partial charge in [0.05, 0.1) is 6.61 Å². The number of ether oxygens (including phenoxy) is 1. The first-order valence-corrected chi connectivity index (χ1v) is 5.41. The van der Waals surface area contributed by atoms with Gasteiger partial charge in [-0.3, -0.25) is 0 Å². The highest BCUT2D eigenvalue weighted by atomic mass is 32.2. The van der Waals surface area contributed by atoms with Gasteiger partial charge in [0.15, 0.2) is 0 Å². The summed E-state index contributed by atoms with van der Waals surface area (Å²) in [5, 5.41) is 0. The average molecular weight is 191 g/mol. The van der Waals surface area contributed by atoms with E-state index < -0.39 is 0 Å². The summed E-state index contributed by atoms with van der Waals surface area (Å²) in [7, 11) is 1.76. The summed E-state index contributed by atoms with van der Waals surface area (Å²) in [4.78, 5) is 12.8. The minimum Gasteiger partial charge on any atom is -0.450 e. The number of carbonyl (C=O) groups is 1. The van der Waals surface area contributed by atoms with E-state index >= 15 is 0 Å². The topological polar surface area (TPSA) is 29.5 Å². The Balaban J connectivity index is 3.82. The molecule has 0 heterocycles. The maximum Gasteiger partial charge on any atom is 0.409 e. The third kappa shape index (κ3) is 3.85. The van der Waals surface area contributed by atoms with Crippen molar-refractivity contribution < 1.29 is 9.53 Å². The SMILES string of the molecule is CCOC(=O)N(C)C(C)CSC. The molecule has 0 radical (unpaired) electrons. The van der Waals surface area contributed by atoms with E-state index in [0.29, 0.717) is 6.61 Å². The molecule has 3 nitrogen and oxygen atoms in total. The Morgan fingerprint density at radius 2 is 2.25 bits per heavy atom. The fourth-order valence-electron chi connectivity index (χ4n) is 0.758. The number of carbonyl (C=O) groups excluding carboxylic acids is 1. The largest absolute Gasteiger partial charge is 0.450 e. The summed E-state index contributed by atoms with van der Waals surface area (Å²) < 4.78 is 4.85. The molecule has 0 fully saturated rings. The molecule has 0 spiro atoms. The van der Waals surface area contributed by atoms with Crippen LogP contribution in [0.15, 0.2) is 0 Å². The Hall–Kier alpha value is -0.380. The van der Waals surface area contributed by atoms with Gasteiger partial charge in [-0.25, -0.2) is 4.79 Å². The Labute approximate surface area is 78.5 Å². The average Bonchev–Trinajstić information content (AvgIpc) is 2.04. The quantitative estimate of drug-likeness (QED) is 0.679. The van der Waals surface area contributed by atoms with E-state index in [1.165, 1.54) is 0 Å². The number of amides is 1. The van der Waals surface area contributed by atoms with Gasteiger partial charge in [0.25, 0.3) is 0 Å². The van der Waals surface area contributed by atoms with Crippen molar-refractivity contribution in [1.29, 1.82) is 0 Å². The summed E-state index contributed by atoms with van der Waals surface area (Å²) in [6, 6.07) is 0.235. The Morgan fingerprint density at radius 3 is 2.67 bits per heavy atom. The second kappa shape index (κ2) is 6.17. The zero-order valence-electron chi connectivity index (χ0n) is 8.16. The fraction of sp³-hybridized carbons (Fsp3) is 0.875. The molecule has 0 N–H and O–H groups in total. The van der Waals surface area contributed by atoms with Crippen LogP contribution in [0.25, 0.3) is 0 Å². The van der Waals surface area contributed by atoms with Gasteiger partial charge >= 0.3 is 6.09 Å². The molecular formula is C8H17NO2S. The lowest BCUT2D eigenvalue weighted by Crippen LogP contribution is -2.36. The summed E-state index contributed by atoms with van der Waals surface area (Å²) in [6.45, 7) is 4.26. The van der Waals surface area contributed by atoms with Gasteiger partial charge in [0.2, 0.25) is 0 Å². The Morgan fingerprint density at radius 1 is 1.67 bits per heavy atom. The van der Waals surface area contributed by atoms with Crippen LogP contribution in [0.5, 0.6) is 0 Å². The highest BCUT2D eigenvalue weighted by Crippen LogP contribution is 2.04. The van der Waals surface area contributed by atoms with Crippen LogP contribution >= 0.6 is 11.8 Å². The summed E-state index contributed by atoms with van der Waals surface area (Å²) in [5.41, 5.74) is 0. The first-order valence-electron chi connectivity index (χ1n) is 4.02. The van der Waals surface area contributed by atoms with Crippen molar-refractivity contribution in [2.24, 2.45) is 0 Å². The van der Waals surface area contributed by atoms with E-state index in [2.05, 4.69) is 0 Å². The lowest BCUT2D eigenvalue weighted by atomic mass is 10.4. The van der Waals surface area contributed by atoms with Gasteiger partial charge in [-0.2, -0.15) is 11.8 Å². The molecule has 0 aliphatic carbocycles. The van der Waals surface area contributed by atoms with Crippen molar-refractivity contribution in [3.63, 3.8) is 0 Å². The standard InChI is InChI=1S/C8H17NO2S/c1-5-11-8(10)9(3)7(2)6-12-4/h7H,5-6H2,1-4H3. The van der Waals surface area contributed by atoms with Crippen LogP contribution in [0.1, 0.15) is 13.8 Å². The molecule has 0 aromatic heterocycles. The number of hydrogen-bond donors (Lipinski definition) is 0. The summed E-state index contributed by atoms with van der Waals surface area (Å²) in [5.74, 6) is 0.940. The monoisotopic (exact) mass is 191 g/mol. The molecule has 0 rings (SSSR count). The van der Waals surface area contributed by atoms with Crippen molar-refractivity contribution in [3.05, 3.63) is 0 Å². The fourth-order valence-corrected chi connectivity index (χ4v) is 1.46. The molecule has 72 valence electrons. The lowest BCUT2D eigenvalue weighted by Gasteiger charge is -2.23. The molecule has 1 atom stereocenters. The zero-order valence-corrected chi connectivity index (χ0v) is 8.98. The number of hydrogen-bond acceptors (Lipinski definition) is 3. The predicted octanol–water partition coefficient (Wildman–Crippen LogP) is 1.83. The number of thioether (sulfide) groups is 1. The summed E-state index contributed by atoms with van der Waals surface area (Å²) >= 11 is 1.72. The normalized spacial score (nSPS) is 12.3. The number of rotatable bonds is 4. The third-order valence-corrected chi connectivity index (χ3v) is 2.44. The van der Waals surface area contributed by atoms with Crippen molar-refractivity contribution in [3.8, 4) is 0 Å². The van der Waals surface area contributed by atoms with E-state index in [1.807, 2.05) is 20.1 Å². The van der Waals surface area contributed by atoms with E-state index in [0.717, 1.165) is 5.75 Å². The molecular weight excluding hydrogens is 174 g/mol. The van der Waals surface area contributed by atoms with Gasteiger partial charge in [-0.15, -0.1) is 0 Å². The molecule has 1 amide bonds. The Bertz CT molecular complexity index is 141. The van der Waals surface area contributed by atoms with Crippen LogP contribution in [-0.4, -0.2) is 42.7 Å². The lowest BCUT2D eigenvalue weighted by molar-refractivity contribution is 0.107. The van der Waals surface area contributed by atoms with E-state index in [4.69, 9.17) is 4.74 Å². The number of nitrogens with zero attached hydrogens (tertiary/aromatic N) is 1. The van der Waals surface area contributed by atoms with Crippen LogP contribution in [0.4, 0.5) is 4.79 Å². The summed E-state index contributed by atoms with van der Waals surface area (Å²) in [6.07, 6.45) is 1.79. The van der Waals surface area contributed by atoms with Crippen LogP contribution in [-0.2, 0) is 4.74 Å². The highest BCUT2D eigenvalue weighted by Gasteiger charge is 2.15. The maximum atomic E-state index is 11.2. The van der Waals surface area contributed by atoms with Crippen molar-refractivity contribution in [2.75, 3.05) is 25.7 Å².